The SMILES string of the molecule is Clc1cnc([N-][n+]2ccccc2)c(Cl)c1. The molecule has 0 amide bonds. The van der Waals surface area contributed by atoms with Gasteiger partial charge in [-0.25, -0.2) is 0 Å². The van der Waals surface area contributed by atoms with E-state index in [0.717, 1.165) is 0 Å². The van der Waals surface area contributed by atoms with Gasteiger partial charge in [0.05, 0.1) is 0 Å². The third-order valence-electron chi connectivity index (χ3n) is 1.70. The van der Waals surface area contributed by atoms with Gasteiger partial charge in [-0.2, -0.15) is 10.1 Å². The molecule has 76 valence electrons. The van der Waals surface area contributed by atoms with Crippen LogP contribution in [0, 0.1) is 0 Å². The van der Waals surface area contributed by atoms with Crippen LogP contribution in [-0.4, -0.2) is 4.98 Å². The molecular formula is C10H7Cl2N3. The van der Waals surface area contributed by atoms with Crippen LogP contribution in [0.25, 0.3) is 5.43 Å². The number of halogens is 2. The van der Waals surface area contributed by atoms with Crippen LogP contribution in [0.1, 0.15) is 0 Å². The first-order valence-electron chi connectivity index (χ1n) is 4.25. The van der Waals surface area contributed by atoms with Crippen LogP contribution in [0.15, 0.2) is 42.9 Å². The fraction of sp³-hybridized carbons (Fsp3) is 0. The Morgan fingerprint density at radius 2 is 1.87 bits per heavy atom. The molecule has 2 heterocycles. The van der Waals surface area contributed by atoms with Gasteiger partial charge in [-0.15, -0.1) is 0 Å². The van der Waals surface area contributed by atoms with E-state index in [-0.39, 0.29) is 0 Å². The van der Waals surface area contributed by atoms with E-state index in [1.807, 2.05) is 18.2 Å². The Morgan fingerprint density at radius 3 is 2.53 bits per heavy atom. The molecule has 0 aliphatic rings. The molecule has 0 bridgehead atoms. The average Bonchev–Trinajstić information content (AvgIpc) is 2.24. The van der Waals surface area contributed by atoms with Gasteiger partial charge in [-0.3, -0.25) is 0 Å². The number of hydrogen-bond donors (Lipinski definition) is 0. The molecule has 0 N–H and O–H groups in total. The standard InChI is InChI=1S/C10H7Cl2N3/c11-8-6-9(12)10(13-7-8)14-15-4-2-1-3-5-15/h1-7H. The lowest BCUT2D eigenvalue weighted by Gasteiger charge is -2.10. The second-order valence-electron chi connectivity index (χ2n) is 2.81. The summed E-state index contributed by atoms with van der Waals surface area (Å²) in [6.07, 6.45) is 5.11. The molecule has 0 aliphatic heterocycles. The Hall–Kier alpha value is -1.32. The first-order chi connectivity index (χ1) is 7.25. The zero-order valence-corrected chi connectivity index (χ0v) is 9.15. The Bertz CT molecular complexity index is 459. The minimum absolute atomic E-state index is 0.429. The van der Waals surface area contributed by atoms with Crippen molar-refractivity contribution in [1.82, 2.24) is 4.98 Å². The van der Waals surface area contributed by atoms with Crippen molar-refractivity contribution in [1.29, 1.82) is 0 Å². The van der Waals surface area contributed by atoms with Crippen LogP contribution in [0.2, 0.25) is 10.0 Å². The van der Waals surface area contributed by atoms with Gasteiger partial charge in [-0.1, -0.05) is 35.5 Å². The summed E-state index contributed by atoms with van der Waals surface area (Å²) >= 11 is 11.6. The van der Waals surface area contributed by atoms with Gasteiger partial charge in [0, 0.05) is 28.0 Å². The highest BCUT2D eigenvalue weighted by Gasteiger charge is 1.98. The van der Waals surface area contributed by atoms with Gasteiger partial charge in [0.1, 0.15) is 0 Å². The summed E-state index contributed by atoms with van der Waals surface area (Å²) in [5, 5.41) is 0.927. The number of rotatable bonds is 2. The molecule has 0 saturated carbocycles. The molecular weight excluding hydrogens is 233 g/mol. The van der Waals surface area contributed by atoms with Crippen molar-refractivity contribution in [2.45, 2.75) is 0 Å². The second kappa shape index (κ2) is 4.47. The zero-order chi connectivity index (χ0) is 10.7. The Balaban J connectivity index is 2.25. The van der Waals surface area contributed by atoms with Crippen LogP contribution in [0.3, 0.4) is 0 Å². The summed E-state index contributed by atoms with van der Waals surface area (Å²) < 4.78 is 1.63. The summed E-state index contributed by atoms with van der Waals surface area (Å²) in [6.45, 7) is 0. The van der Waals surface area contributed by atoms with E-state index in [9.17, 15) is 0 Å². The van der Waals surface area contributed by atoms with Gasteiger partial charge in [0.25, 0.3) is 0 Å². The molecule has 0 radical (unpaired) electrons. The molecule has 2 aromatic rings. The van der Waals surface area contributed by atoms with Crippen molar-refractivity contribution in [2.24, 2.45) is 0 Å². The third kappa shape index (κ3) is 2.58. The Kier molecular flexibility index (Phi) is 3.04. The topological polar surface area (TPSA) is 30.9 Å². The first-order valence-corrected chi connectivity index (χ1v) is 5.01. The summed E-state index contributed by atoms with van der Waals surface area (Å²) in [7, 11) is 0. The normalized spacial score (nSPS) is 10.0. The van der Waals surface area contributed by atoms with Crippen molar-refractivity contribution in [3.63, 3.8) is 0 Å². The molecule has 0 spiro atoms. The summed E-state index contributed by atoms with van der Waals surface area (Å²) in [6, 6.07) is 7.25. The monoisotopic (exact) mass is 239 g/mol. The maximum Gasteiger partial charge on any atom is 0.182 e. The maximum atomic E-state index is 5.93. The van der Waals surface area contributed by atoms with Crippen molar-refractivity contribution < 1.29 is 4.68 Å². The van der Waals surface area contributed by atoms with E-state index in [0.29, 0.717) is 15.9 Å². The van der Waals surface area contributed by atoms with E-state index in [1.54, 1.807) is 23.1 Å². The summed E-state index contributed by atoms with van der Waals surface area (Å²) in [5.41, 5.74) is 4.20. The van der Waals surface area contributed by atoms with E-state index < -0.39 is 0 Å². The van der Waals surface area contributed by atoms with Crippen LogP contribution >= 0.6 is 23.2 Å². The van der Waals surface area contributed by atoms with Crippen LogP contribution in [0.4, 0.5) is 5.82 Å². The Labute approximate surface area is 97.3 Å². The third-order valence-corrected chi connectivity index (χ3v) is 2.18. The second-order valence-corrected chi connectivity index (χ2v) is 3.66. The fourth-order valence-corrected chi connectivity index (χ4v) is 1.46. The molecule has 15 heavy (non-hydrogen) atoms. The Morgan fingerprint density at radius 1 is 1.13 bits per heavy atom. The molecule has 0 atom stereocenters. The van der Waals surface area contributed by atoms with Gasteiger partial charge in [0.2, 0.25) is 0 Å². The molecule has 0 saturated heterocycles. The smallest absolute Gasteiger partial charge is 0.182 e. The summed E-state index contributed by atoms with van der Waals surface area (Å²) in [5.74, 6) is 0.442. The molecule has 3 nitrogen and oxygen atoms in total. The molecule has 2 aromatic heterocycles. The first kappa shape index (κ1) is 10.2. The van der Waals surface area contributed by atoms with Gasteiger partial charge < -0.3 is 4.98 Å². The van der Waals surface area contributed by atoms with Gasteiger partial charge >= 0.3 is 0 Å². The lowest BCUT2D eigenvalue weighted by atomic mass is 10.4. The molecule has 0 fully saturated rings. The number of pyridine rings is 2. The zero-order valence-electron chi connectivity index (χ0n) is 7.64. The van der Waals surface area contributed by atoms with Gasteiger partial charge in [-0.05, 0) is 6.07 Å². The van der Waals surface area contributed by atoms with E-state index >= 15 is 0 Å². The van der Waals surface area contributed by atoms with E-state index in [1.165, 1.54) is 6.20 Å². The minimum Gasteiger partial charge on any atom is -0.436 e. The van der Waals surface area contributed by atoms with Crippen LogP contribution < -0.4 is 4.68 Å². The maximum absolute atomic E-state index is 5.93. The van der Waals surface area contributed by atoms with Crippen molar-refractivity contribution in [2.75, 3.05) is 0 Å². The highest BCUT2D eigenvalue weighted by Crippen LogP contribution is 2.26. The highest BCUT2D eigenvalue weighted by molar-refractivity contribution is 6.36. The predicted molar refractivity (Wildman–Crippen MR) is 59.3 cm³/mol. The van der Waals surface area contributed by atoms with Crippen LogP contribution in [0.5, 0.6) is 0 Å². The van der Waals surface area contributed by atoms with Crippen molar-refractivity contribution in [3.8, 4) is 0 Å². The van der Waals surface area contributed by atoms with Crippen molar-refractivity contribution >= 4 is 29.0 Å². The summed E-state index contributed by atoms with van der Waals surface area (Å²) in [4.78, 5) is 4.02. The van der Waals surface area contributed by atoms with Gasteiger partial charge in [0.15, 0.2) is 12.4 Å². The molecule has 0 unspecified atom stereocenters. The molecule has 0 aliphatic carbocycles. The quantitative estimate of drug-likeness (QED) is 0.741. The average molecular weight is 240 g/mol. The fourth-order valence-electron chi connectivity index (χ4n) is 1.05. The number of aromatic nitrogens is 2. The number of hydrogen-bond acceptors (Lipinski definition) is 1. The van der Waals surface area contributed by atoms with E-state index in [4.69, 9.17) is 23.2 Å². The largest absolute Gasteiger partial charge is 0.436 e. The molecule has 2 rings (SSSR count). The molecule has 0 aromatic carbocycles. The van der Waals surface area contributed by atoms with Crippen molar-refractivity contribution in [3.05, 3.63) is 58.3 Å². The lowest BCUT2D eigenvalue weighted by molar-refractivity contribution is -0.619. The molecule has 5 heteroatoms. The number of nitrogens with zero attached hydrogens (tertiary/aromatic N) is 3. The van der Waals surface area contributed by atoms with E-state index in [2.05, 4.69) is 10.4 Å². The predicted octanol–water partition coefficient (Wildman–Crippen LogP) is 3.14. The minimum atomic E-state index is 0.429. The van der Waals surface area contributed by atoms with Crippen LogP contribution in [-0.2, 0) is 0 Å². The lowest BCUT2D eigenvalue weighted by Crippen LogP contribution is -2.26. The highest BCUT2D eigenvalue weighted by atomic mass is 35.5.